The lowest BCUT2D eigenvalue weighted by atomic mass is 10.2. The van der Waals surface area contributed by atoms with Gasteiger partial charge in [0.15, 0.2) is 0 Å². The number of carbonyl (C=O) groups is 1. The maximum Gasteiger partial charge on any atom is 0.342 e. The summed E-state index contributed by atoms with van der Waals surface area (Å²) in [5.74, 6) is 0.284. The van der Waals surface area contributed by atoms with Crippen LogP contribution in [0.2, 0.25) is 0 Å². The quantitative estimate of drug-likeness (QED) is 0.786. The molecule has 0 saturated carbocycles. The van der Waals surface area contributed by atoms with Crippen molar-refractivity contribution in [2.75, 3.05) is 24.6 Å². The molecule has 96 valence electrons. The first-order valence-corrected chi connectivity index (χ1v) is 6.26. The Morgan fingerprint density at radius 2 is 2.22 bits per heavy atom. The van der Waals surface area contributed by atoms with Crippen molar-refractivity contribution in [3.05, 3.63) is 35.5 Å². The molecule has 2 heterocycles. The second-order valence-electron chi connectivity index (χ2n) is 4.16. The minimum absolute atomic E-state index is 0.0225. The number of ether oxygens (including phenoxy) is 1. The molecule has 0 aromatic carbocycles. The third kappa shape index (κ3) is 3.01. The minimum Gasteiger partial charge on any atom is -0.456 e. The Morgan fingerprint density at radius 3 is 2.89 bits per heavy atom. The van der Waals surface area contributed by atoms with Crippen LogP contribution in [0.1, 0.15) is 23.2 Å². The number of aromatic nitrogens is 1. The number of anilines is 1. The van der Waals surface area contributed by atoms with Crippen molar-refractivity contribution in [1.82, 2.24) is 4.98 Å². The van der Waals surface area contributed by atoms with Gasteiger partial charge in [0, 0.05) is 24.3 Å². The SMILES string of the molecule is C=C(Cl)COC(=O)c1cccnc1N1CCCC1. The maximum absolute atomic E-state index is 11.9. The summed E-state index contributed by atoms with van der Waals surface area (Å²) in [6.45, 7) is 5.37. The van der Waals surface area contributed by atoms with Crippen LogP contribution in [0.5, 0.6) is 0 Å². The molecular weight excluding hydrogens is 252 g/mol. The van der Waals surface area contributed by atoms with E-state index in [9.17, 15) is 4.79 Å². The fourth-order valence-corrected chi connectivity index (χ4v) is 2.01. The average molecular weight is 267 g/mol. The summed E-state index contributed by atoms with van der Waals surface area (Å²) in [5.41, 5.74) is 0.484. The molecule has 1 aliphatic heterocycles. The van der Waals surface area contributed by atoms with Gasteiger partial charge >= 0.3 is 5.97 Å². The van der Waals surface area contributed by atoms with Crippen molar-refractivity contribution in [2.24, 2.45) is 0 Å². The van der Waals surface area contributed by atoms with Gasteiger partial charge in [-0.3, -0.25) is 0 Å². The summed E-state index contributed by atoms with van der Waals surface area (Å²) in [5, 5.41) is 0.301. The Hall–Kier alpha value is -1.55. The monoisotopic (exact) mass is 266 g/mol. The van der Waals surface area contributed by atoms with E-state index < -0.39 is 5.97 Å². The Kier molecular flexibility index (Phi) is 4.20. The van der Waals surface area contributed by atoms with E-state index in [1.165, 1.54) is 0 Å². The lowest BCUT2D eigenvalue weighted by Crippen LogP contribution is -2.22. The third-order valence-electron chi connectivity index (χ3n) is 2.77. The van der Waals surface area contributed by atoms with E-state index in [2.05, 4.69) is 16.5 Å². The van der Waals surface area contributed by atoms with Crippen LogP contribution in [0.15, 0.2) is 29.9 Å². The summed E-state index contributed by atoms with van der Waals surface area (Å²) in [7, 11) is 0. The molecule has 1 fully saturated rings. The molecule has 0 amide bonds. The summed E-state index contributed by atoms with van der Waals surface area (Å²) in [6, 6.07) is 3.45. The fourth-order valence-electron chi connectivity index (χ4n) is 1.96. The van der Waals surface area contributed by atoms with E-state index >= 15 is 0 Å². The van der Waals surface area contributed by atoms with Crippen molar-refractivity contribution in [2.45, 2.75) is 12.8 Å². The molecular formula is C13H15ClN2O2. The van der Waals surface area contributed by atoms with Crippen LogP contribution in [-0.4, -0.2) is 30.6 Å². The summed E-state index contributed by atoms with van der Waals surface area (Å²) in [4.78, 5) is 18.3. The van der Waals surface area contributed by atoms with E-state index in [4.69, 9.17) is 16.3 Å². The van der Waals surface area contributed by atoms with Crippen LogP contribution < -0.4 is 4.90 Å². The van der Waals surface area contributed by atoms with E-state index in [0.717, 1.165) is 25.9 Å². The van der Waals surface area contributed by atoms with Gasteiger partial charge in [0.1, 0.15) is 18.0 Å². The first-order valence-electron chi connectivity index (χ1n) is 5.89. The molecule has 0 radical (unpaired) electrons. The second kappa shape index (κ2) is 5.87. The highest BCUT2D eigenvalue weighted by molar-refractivity contribution is 6.29. The molecule has 0 bridgehead atoms. The van der Waals surface area contributed by atoms with Gasteiger partial charge in [-0.25, -0.2) is 9.78 Å². The molecule has 1 saturated heterocycles. The molecule has 18 heavy (non-hydrogen) atoms. The van der Waals surface area contributed by atoms with Crippen molar-refractivity contribution in [1.29, 1.82) is 0 Å². The molecule has 0 unspecified atom stereocenters. The largest absolute Gasteiger partial charge is 0.456 e. The molecule has 1 aromatic heterocycles. The molecule has 0 aliphatic carbocycles. The number of pyridine rings is 1. The smallest absolute Gasteiger partial charge is 0.342 e. The second-order valence-corrected chi connectivity index (χ2v) is 4.70. The van der Waals surface area contributed by atoms with Crippen LogP contribution in [0.4, 0.5) is 5.82 Å². The normalized spacial score (nSPS) is 14.6. The number of carbonyl (C=O) groups excluding carboxylic acids is 1. The predicted molar refractivity (Wildman–Crippen MR) is 71.0 cm³/mol. The topological polar surface area (TPSA) is 42.4 Å². The Morgan fingerprint density at radius 1 is 1.50 bits per heavy atom. The highest BCUT2D eigenvalue weighted by Gasteiger charge is 2.21. The maximum atomic E-state index is 11.9. The minimum atomic E-state index is -0.410. The molecule has 4 nitrogen and oxygen atoms in total. The van der Waals surface area contributed by atoms with Gasteiger partial charge in [0.2, 0.25) is 0 Å². The lowest BCUT2D eigenvalue weighted by molar-refractivity contribution is 0.0546. The van der Waals surface area contributed by atoms with Crippen LogP contribution in [0.3, 0.4) is 0 Å². The predicted octanol–water partition coefficient (Wildman–Crippen LogP) is 2.59. The molecule has 0 N–H and O–H groups in total. The highest BCUT2D eigenvalue weighted by atomic mass is 35.5. The molecule has 0 spiro atoms. The Balaban J connectivity index is 2.16. The van der Waals surface area contributed by atoms with E-state index in [-0.39, 0.29) is 6.61 Å². The number of hydrogen-bond acceptors (Lipinski definition) is 4. The first kappa shape index (κ1) is 12.9. The van der Waals surface area contributed by atoms with Crippen LogP contribution >= 0.6 is 11.6 Å². The Labute approximate surface area is 111 Å². The average Bonchev–Trinajstić information content (AvgIpc) is 2.89. The molecule has 5 heteroatoms. The standard InChI is InChI=1S/C13H15ClN2O2/c1-10(14)9-18-13(17)11-5-4-6-15-12(11)16-7-2-3-8-16/h4-6H,1-3,7-9H2. The van der Waals surface area contributed by atoms with Gasteiger partial charge in [-0.2, -0.15) is 0 Å². The van der Waals surface area contributed by atoms with Gasteiger partial charge in [0.25, 0.3) is 0 Å². The van der Waals surface area contributed by atoms with Crippen molar-refractivity contribution in [3.8, 4) is 0 Å². The van der Waals surface area contributed by atoms with Gasteiger partial charge in [-0.15, -0.1) is 0 Å². The van der Waals surface area contributed by atoms with Gasteiger partial charge in [0.05, 0.1) is 0 Å². The highest BCUT2D eigenvalue weighted by Crippen LogP contribution is 2.22. The zero-order valence-electron chi connectivity index (χ0n) is 10.1. The number of esters is 1. The van der Waals surface area contributed by atoms with Crippen molar-refractivity contribution in [3.63, 3.8) is 0 Å². The van der Waals surface area contributed by atoms with Crippen LogP contribution in [-0.2, 0) is 4.74 Å². The molecule has 2 rings (SSSR count). The van der Waals surface area contributed by atoms with Crippen LogP contribution in [0, 0.1) is 0 Å². The number of nitrogens with zero attached hydrogens (tertiary/aromatic N) is 2. The van der Waals surface area contributed by atoms with Gasteiger partial charge in [-0.05, 0) is 25.0 Å². The van der Waals surface area contributed by atoms with Crippen LogP contribution in [0.25, 0.3) is 0 Å². The summed E-state index contributed by atoms with van der Waals surface area (Å²) in [6.07, 6.45) is 3.94. The molecule has 1 aliphatic rings. The summed E-state index contributed by atoms with van der Waals surface area (Å²) >= 11 is 5.58. The molecule has 0 atom stereocenters. The zero-order chi connectivity index (χ0) is 13.0. The number of rotatable bonds is 4. The fraction of sp³-hybridized carbons (Fsp3) is 0.385. The number of hydrogen-bond donors (Lipinski definition) is 0. The van der Waals surface area contributed by atoms with Gasteiger partial charge < -0.3 is 9.64 Å². The van der Waals surface area contributed by atoms with Crippen molar-refractivity contribution >= 4 is 23.4 Å². The van der Waals surface area contributed by atoms with Gasteiger partial charge in [-0.1, -0.05) is 18.2 Å². The zero-order valence-corrected chi connectivity index (χ0v) is 10.8. The van der Waals surface area contributed by atoms with E-state index in [0.29, 0.717) is 16.4 Å². The third-order valence-corrected chi connectivity index (χ3v) is 2.88. The Bertz CT molecular complexity index is 456. The van der Waals surface area contributed by atoms with E-state index in [1.54, 1.807) is 18.3 Å². The summed E-state index contributed by atoms with van der Waals surface area (Å²) < 4.78 is 5.05. The van der Waals surface area contributed by atoms with Crippen molar-refractivity contribution < 1.29 is 9.53 Å². The number of halogens is 1. The molecule has 1 aromatic rings. The lowest BCUT2D eigenvalue weighted by Gasteiger charge is -2.18. The first-order chi connectivity index (χ1) is 8.68. The van der Waals surface area contributed by atoms with E-state index in [1.807, 2.05) is 0 Å².